The van der Waals surface area contributed by atoms with E-state index in [0.29, 0.717) is 23.5 Å². The standard InChI is InChI=1S/C28H26FNO6/c1-34-21-12-10-19(29)16-20(21)26(31)24-25(18-7-5-4-6-8-18)30(28(33)27(24)32)14-13-17-9-11-22(35-2)23(15-17)36-3/h4-12,15-16,25,31H,13-14H2,1-3H3/b26-24+. The van der Waals surface area contributed by atoms with E-state index in [-0.39, 0.29) is 23.4 Å². The summed E-state index contributed by atoms with van der Waals surface area (Å²) in [6.07, 6.45) is 0.417. The second kappa shape index (κ2) is 10.5. The molecule has 1 fully saturated rings. The van der Waals surface area contributed by atoms with Crippen molar-refractivity contribution in [3.63, 3.8) is 0 Å². The molecular weight excluding hydrogens is 465 g/mol. The second-order valence-corrected chi connectivity index (χ2v) is 8.19. The van der Waals surface area contributed by atoms with Crippen LogP contribution >= 0.6 is 0 Å². The Morgan fingerprint density at radius 2 is 1.56 bits per heavy atom. The van der Waals surface area contributed by atoms with E-state index in [9.17, 15) is 19.1 Å². The van der Waals surface area contributed by atoms with E-state index in [1.165, 1.54) is 31.3 Å². The van der Waals surface area contributed by atoms with Gasteiger partial charge in [0.15, 0.2) is 11.5 Å². The fourth-order valence-electron chi connectivity index (χ4n) is 4.39. The number of hydrogen-bond acceptors (Lipinski definition) is 6. The first-order valence-electron chi connectivity index (χ1n) is 11.3. The molecule has 1 heterocycles. The normalized spacial score (nSPS) is 16.8. The lowest BCUT2D eigenvalue weighted by molar-refractivity contribution is -0.139. The summed E-state index contributed by atoms with van der Waals surface area (Å²) in [5.74, 6) is -1.40. The smallest absolute Gasteiger partial charge is 0.295 e. The van der Waals surface area contributed by atoms with Crippen molar-refractivity contribution in [1.29, 1.82) is 0 Å². The number of Topliss-reactive ketones (excluding diaryl/α,β-unsaturated/α-hetero) is 1. The summed E-state index contributed by atoms with van der Waals surface area (Å²) in [6.45, 7) is 0.191. The maximum Gasteiger partial charge on any atom is 0.295 e. The number of likely N-dealkylation sites (tertiary alicyclic amines) is 1. The number of amides is 1. The summed E-state index contributed by atoms with van der Waals surface area (Å²) in [6, 6.07) is 17.1. The fourth-order valence-corrected chi connectivity index (χ4v) is 4.39. The van der Waals surface area contributed by atoms with Gasteiger partial charge in [0.2, 0.25) is 0 Å². The van der Waals surface area contributed by atoms with Crippen LogP contribution in [0.25, 0.3) is 5.76 Å². The molecule has 1 N–H and O–H groups in total. The first kappa shape index (κ1) is 24.8. The van der Waals surface area contributed by atoms with E-state index >= 15 is 0 Å². The van der Waals surface area contributed by atoms with Crippen LogP contribution in [0.2, 0.25) is 0 Å². The highest BCUT2D eigenvalue weighted by Crippen LogP contribution is 2.41. The molecule has 186 valence electrons. The third kappa shape index (κ3) is 4.62. The topological polar surface area (TPSA) is 85.3 Å². The van der Waals surface area contributed by atoms with Gasteiger partial charge in [-0.3, -0.25) is 9.59 Å². The molecule has 4 rings (SSSR count). The Morgan fingerprint density at radius 1 is 0.889 bits per heavy atom. The Bertz CT molecular complexity index is 1320. The highest BCUT2D eigenvalue weighted by molar-refractivity contribution is 6.46. The van der Waals surface area contributed by atoms with Crippen LogP contribution in [0.5, 0.6) is 17.2 Å². The van der Waals surface area contributed by atoms with Crippen LogP contribution in [-0.2, 0) is 16.0 Å². The van der Waals surface area contributed by atoms with Gasteiger partial charge in [-0.05, 0) is 47.9 Å². The summed E-state index contributed by atoms with van der Waals surface area (Å²) < 4.78 is 30.0. The average Bonchev–Trinajstić information content (AvgIpc) is 3.16. The maximum absolute atomic E-state index is 14.1. The predicted molar refractivity (Wildman–Crippen MR) is 132 cm³/mol. The largest absolute Gasteiger partial charge is 0.507 e. The number of methoxy groups -OCH3 is 3. The highest BCUT2D eigenvalue weighted by atomic mass is 19.1. The predicted octanol–water partition coefficient (Wildman–Crippen LogP) is 4.52. The molecule has 0 aromatic heterocycles. The van der Waals surface area contributed by atoms with Crippen molar-refractivity contribution in [3.05, 3.63) is 94.8 Å². The number of aliphatic hydroxyl groups is 1. The molecular formula is C28H26FNO6. The Labute approximate surface area is 208 Å². The molecule has 1 aliphatic heterocycles. The summed E-state index contributed by atoms with van der Waals surface area (Å²) in [4.78, 5) is 27.8. The van der Waals surface area contributed by atoms with Crippen LogP contribution in [0, 0.1) is 5.82 Å². The molecule has 0 radical (unpaired) electrons. The quantitative estimate of drug-likeness (QED) is 0.283. The van der Waals surface area contributed by atoms with Crippen molar-refractivity contribution in [2.75, 3.05) is 27.9 Å². The average molecular weight is 492 g/mol. The first-order valence-corrected chi connectivity index (χ1v) is 11.3. The van der Waals surface area contributed by atoms with Gasteiger partial charge >= 0.3 is 0 Å². The molecule has 0 aliphatic carbocycles. The van der Waals surface area contributed by atoms with E-state index in [1.54, 1.807) is 37.4 Å². The van der Waals surface area contributed by atoms with E-state index in [4.69, 9.17) is 14.2 Å². The van der Waals surface area contributed by atoms with Gasteiger partial charge in [-0.25, -0.2) is 4.39 Å². The Morgan fingerprint density at radius 3 is 2.22 bits per heavy atom. The number of benzene rings is 3. The third-order valence-corrected chi connectivity index (χ3v) is 6.16. The lowest BCUT2D eigenvalue weighted by Crippen LogP contribution is -2.31. The minimum atomic E-state index is -0.862. The molecule has 1 unspecified atom stereocenters. The monoisotopic (exact) mass is 491 g/mol. The van der Waals surface area contributed by atoms with Gasteiger partial charge in [0.05, 0.1) is 38.5 Å². The van der Waals surface area contributed by atoms with Gasteiger partial charge in [0.25, 0.3) is 11.7 Å². The molecule has 3 aromatic rings. The number of hydrogen-bond donors (Lipinski definition) is 1. The van der Waals surface area contributed by atoms with Crippen LogP contribution in [0.3, 0.4) is 0 Å². The van der Waals surface area contributed by atoms with Gasteiger partial charge in [-0.15, -0.1) is 0 Å². The Balaban J connectivity index is 1.77. The second-order valence-electron chi connectivity index (χ2n) is 8.19. The van der Waals surface area contributed by atoms with Gasteiger partial charge in [-0.2, -0.15) is 0 Å². The van der Waals surface area contributed by atoms with Gasteiger partial charge < -0.3 is 24.2 Å². The van der Waals surface area contributed by atoms with Crippen LogP contribution in [0.4, 0.5) is 4.39 Å². The number of ketones is 1. The SMILES string of the molecule is COc1ccc(CCN2C(=O)C(=O)/C(=C(/O)c3cc(F)ccc3OC)C2c2ccccc2)cc1OC. The summed E-state index contributed by atoms with van der Waals surface area (Å²) in [7, 11) is 4.46. The van der Waals surface area contributed by atoms with Crippen LogP contribution in [0.15, 0.2) is 72.3 Å². The summed E-state index contributed by atoms with van der Waals surface area (Å²) in [5.41, 5.74) is 1.38. The maximum atomic E-state index is 14.1. The van der Waals surface area contributed by atoms with Crippen molar-refractivity contribution in [2.24, 2.45) is 0 Å². The summed E-state index contributed by atoms with van der Waals surface area (Å²) >= 11 is 0. The Hall–Kier alpha value is -4.33. The van der Waals surface area contributed by atoms with Crippen molar-refractivity contribution in [1.82, 2.24) is 4.90 Å². The van der Waals surface area contributed by atoms with E-state index in [0.717, 1.165) is 11.6 Å². The lowest BCUT2D eigenvalue weighted by atomic mass is 9.95. The molecule has 1 saturated heterocycles. The zero-order chi connectivity index (χ0) is 25.8. The van der Waals surface area contributed by atoms with Crippen molar-refractivity contribution in [2.45, 2.75) is 12.5 Å². The molecule has 8 heteroatoms. The molecule has 3 aromatic carbocycles. The lowest BCUT2D eigenvalue weighted by Gasteiger charge is -2.25. The highest BCUT2D eigenvalue weighted by Gasteiger charge is 2.46. The fraction of sp³-hybridized carbons (Fsp3) is 0.214. The van der Waals surface area contributed by atoms with Crippen molar-refractivity contribution in [3.8, 4) is 17.2 Å². The first-order chi connectivity index (χ1) is 17.4. The molecule has 1 aliphatic rings. The van der Waals surface area contributed by atoms with Crippen LogP contribution in [-0.4, -0.2) is 49.6 Å². The van der Waals surface area contributed by atoms with Crippen molar-refractivity contribution < 1.29 is 33.3 Å². The summed E-state index contributed by atoms with van der Waals surface area (Å²) in [5, 5.41) is 11.2. The van der Waals surface area contributed by atoms with E-state index in [1.807, 2.05) is 18.2 Å². The third-order valence-electron chi connectivity index (χ3n) is 6.16. The zero-order valence-corrected chi connectivity index (χ0v) is 20.2. The molecule has 0 bridgehead atoms. The number of ether oxygens (including phenoxy) is 3. The molecule has 0 spiro atoms. The number of halogens is 1. The number of carbonyl (C=O) groups is 2. The van der Waals surface area contributed by atoms with E-state index in [2.05, 4.69) is 0 Å². The van der Waals surface area contributed by atoms with E-state index < -0.39 is 29.3 Å². The molecule has 1 atom stereocenters. The minimum absolute atomic E-state index is 0.00341. The molecule has 7 nitrogen and oxygen atoms in total. The van der Waals surface area contributed by atoms with Crippen LogP contribution < -0.4 is 14.2 Å². The number of nitrogens with zero attached hydrogens (tertiary/aromatic N) is 1. The molecule has 36 heavy (non-hydrogen) atoms. The Kier molecular flexibility index (Phi) is 7.24. The zero-order valence-electron chi connectivity index (χ0n) is 20.2. The van der Waals surface area contributed by atoms with Gasteiger partial charge in [0, 0.05) is 6.54 Å². The molecule has 1 amide bonds. The molecule has 0 saturated carbocycles. The number of aliphatic hydroxyl groups excluding tert-OH is 1. The van der Waals surface area contributed by atoms with Gasteiger partial charge in [0.1, 0.15) is 17.3 Å². The number of rotatable bonds is 8. The van der Waals surface area contributed by atoms with Gasteiger partial charge in [-0.1, -0.05) is 36.4 Å². The number of carbonyl (C=O) groups excluding carboxylic acids is 2. The van der Waals surface area contributed by atoms with Crippen LogP contribution in [0.1, 0.15) is 22.7 Å². The van der Waals surface area contributed by atoms with Crippen molar-refractivity contribution >= 4 is 17.4 Å². The minimum Gasteiger partial charge on any atom is -0.507 e.